The normalized spacial score (nSPS) is 15.6. The molecule has 1 aromatic carbocycles. The van der Waals surface area contributed by atoms with E-state index in [1.807, 2.05) is 24.3 Å². The number of carbonyl (C=O) groups excluding carboxylic acids is 1. The van der Waals surface area contributed by atoms with Gasteiger partial charge in [-0.2, -0.15) is 10.4 Å². The average molecular weight is 403 g/mol. The Morgan fingerprint density at radius 2 is 2.10 bits per heavy atom. The van der Waals surface area contributed by atoms with Crippen molar-refractivity contribution < 1.29 is 14.3 Å². The standard InChI is InChI=1S/C22H21N5O3/c1-26-19(12-18(25-26)17-5-3-4-6-20(17)29-2)22(28)27-10-8-16(14-27)30-21-11-15(13-23)7-9-24-21/h3-7,9,11-12,16H,8,10,14H2,1-2H3. The van der Waals surface area contributed by atoms with Crippen LogP contribution in [0.4, 0.5) is 0 Å². The van der Waals surface area contributed by atoms with Crippen LogP contribution in [0.2, 0.25) is 0 Å². The first-order valence-electron chi connectivity index (χ1n) is 9.58. The summed E-state index contributed by atoms with van der Waals surface area (Å²) in [6.45, 7) is 1.03. The number of carbonyl (C=O) groups is 1. The molecule has 4 rings (SSSR count). The molecule has 152 valence electrons. The fourth-order valence-corrected chi connectivity index (χ4v) is 3.54. The molecule has 0 radical (unpaired) electrons. The second-order valence-corrected chi connectivity index (χ2v) is 7.01. The van der Waals surface area contributed by atoms with Crippen molar-refractivity contribution in [3.05, 3.63) is 59.9 Å². The van der Waals surface area contributed by atoms with Crippen molar-refractivity contribution in [2.45, 2.75) is 12.5 Å². The minimum Gasteiger partial charge on any atom is -0.496 e. The first-order chi connectivity index (χ1) is 14.6. The van der Waals surface area contributed by atoms with E-state index in [9.17, 15) is 4.79 Å². The number of pyridine rings is 1. The zero-order valence-corrected chi connectivity index (χ0v) is 16.8. The van der Waals surface area contributed by atoms with Gasteiger partial charge in [0.2, 0.25) is 5.88 Å². The number of amides is 1. The Morgan fingerprint density at radius 1 is 1.27 bits per heavy atom. The molecule has 0 bridgehead atoms. The predicted molar refractivity (Wildman–Crippen MR) is 109 cm³/mol. The van der Waals surface area contributed by atoms with Gasteiger partial charge < -0.3 is 14.4 Å². The van der Waals surface area contributed by atoms with Gasteiger partial charge in [-0.15, -0.1) is 0 Å². The molecule has 8 heteroatoms. The van der Waals surface area contributed by atoms with Crippen molar-refractivity contribution in [3.63, 3.8) is 0 Å². The van der Waals surface area contributed by atoms with E-state index in [1.165, 1.54) is 0 Å². The molecule has 3 heterocycles. The molecule has 0 saturated carbocycles. The fourth-order valence-electron chi connectivity index (χ4n) is 3.54. The molecule has 1 fully saturated rings. The van der Waals surface area contributed by atoms with Gasteiger partial charge in [0.15, 0.2) is 0 Å². The SMILES string of the molecule is COc1ccccc1-c1cc(C(=O)N2CCC(Oc3cc(C#N)ccn3)C2)n(C)n1. The van der Waals surface area contributed by atoms with Crippen LogP contribution in [0.5, 0.6) is 11.6 Å². The fraction of sp³-hybridized carbons (Fsp3) is 0.273. The maximum absolute atomic E-state index is 13.1. The van der Waals surface area contributed by atoms with Crippen LogP contribution in [0.1, 0.15) is 22.5 Å². The van der Waals surface area contributed by atoms with Gasteiger partial charge in [-0.3, -0.25) is 9.48 Å². The highest BCUT2D eigenvalue weighted by molar-refractivity contribution is 5.94. The summed E-state index contributed by atoms with van der Waals surface area (Å²) in [6, 6.07) is 14.7. The summed E-state index contributed by atoms with van der Waals surface area (Å²) in [5.41, 5.74) is 2.51. The molecule has 2 aromatic heterocycles. The number of aryl methyl sites for hydroxylation is 1. The Morgan fingerprint density at radius 3 is 2.90 bits per heavy atom. The predicted octanol–water partition coefficient (Wildman–Crippen LogP) is 2.66. The summed E-state index contributed by atoms with van der Waals surface area (Å²) < 4.78 is 12.9. The highest BCUT2D eigenvalue weighted by Gasteiger charge is 2.30. The molecule has 1 amide bonds. The van der Waals surface area contributed by atoms with Gasteiger partial charge in [-0.25, -0.2) is 4.98 Å². The second-order valence-electron chi connectivity index (χ2n) is 7.01. The summed E-state index contributed by atoms with van der Waals surface area (Å²) in [6.07, 6.45) is 2.07. The quantitative estimate of drug-likeness (QED) is 0.650. The molecule has 0 spiro atoms. The monoisotopic (exact) mass is 403 g/mol. The van der Waals surface area contributed by atoms with Crippen molar-refractivity contribution in [1.82, 2.24) is 19.7 Å². The maximum atomic E-state index is 13.1. The third-order valence-electron chi connectivity index (χ3n) is 5.07. The van der Waals surface area contributed by atoms with Gasteiger partial charge >= 0.3 is 0 Å². The van der Waals surface area contributed by atoms with Gasteiger partial charge in [0.25, 0.3) is 5.91 Å². The van der Waals surface area contributed by atoms with E-state index < -0.39 is 0 Å². The summed E-state index contributed by atoms with van der Waals surface area (Å²) in [5.74, 6) is 1.000. The van der Waals surface area contributed by atoms with E-state index in [2.05, 4.69) is 16.2 Å². The van der Waals surface area contributed by atoms with Gasteiger partial charge in [-0.05, 0) is 24.3 Å². The lowest BCUT2D eigenvalue weighted by Gasteiger charge is -2.17. The van der Waals surface area contributed by atoms with Crippen LogP contribution in [0, 0.1) is 11.3 Å². The van der Waals surface area contributed by atoms with Crippen molar-refractivity contribution in [1.29, 1.82) is 5.26 Å². The van der Waals surface area contributed by atoms with Crippen molar-refractivity contribution in [3.8, 4) is 29.0 Å². The molecule has 8 nitrogen and oxygen atoms in total. The number of methoxy groups -OCH3 is 1. The first-order valence-corrected chi connectivity index (χ1v) is 9.58. The molecule has 1 aliphatic heterocycles. The van der Waals surface area contributed by atoms with E-state index in [-0.39, 0.29) is 12.0 Å². The third kappa shape index (κ3) is 3.82. The molecule has 30 heavy (non-hydrogen) atoms. The minimum absolute atomic E-state index is 0.101. The number of hydrogen-bond donors (Lipinski definition) is 0. The van der Waals surface area contributed by atoms with Crippen LogP contribution in [0.3, 0.4) is 0 Å². The van der Waals surface area contributed by atoms with Crippen LogP contribution in [0.15, 0.2) is 48.7 Å². The lowest BCUT2D eigenvalue weighted by atomic mass is 10.1. The van der Waals surface area contributed by atoms with Crippen molar-refractivity contribution in [2.24, 2.45) is 7.05 Å². The smallest absolute Gasteiger partial charge is 0.272 e. The average Bonchev–Trinajstić information content (AvgIpc) is 3.40. The van der Waals surface area contributed by atoms with Crippen LogP contribution in [0.25, 0.3) is 11.3 Å². The highest BCUT2D eigenvalue weighted by atomic mass is 16.5. The lowest BCUT2D eigenvalue weighted by Crippen LogP contribution is -2.32. The summed E-state index contributed by atoms with van der Waals surface area (Å²) in [4.78, 5) is 19.0. The largest absolute Gasteiger partial charge is 0.496 e. The molecule has 1 atom stereocenters. The molecular weight excluding hydrogens is 382 g/mol. The summed E-state index contributed by atoms with van der Waals surface area (Å²) >= 11 is 0. The van der Waals surface area contributed by atoms with E-state index in [0.29, 0.717) is 48.1 Å². The van der Waals surface area contributed by atoms with Crippen LogP contribution in [-0.2, 0) is 7.05 Å². The van der Waals surface area contributed by atoms with E-state index in [0.717, 1.165) is 5.56 Å². The zero-order chi connectivity index (χ0) is 21.1. The Bertz CT molecular complexity index is 1120. The Balaban J connectivity index is 1.48. The number of rotatable bonds is 5. The number of nitriles is 1. The van der Waals surface area contributed by atoms with Gasteiger partial charge in [0, 0.05) is 37.8 Å². The van der Waals surface area contributed by atoms with E-state index >= 15 is 0 Å². The van der Waals surface area contributed by atoms with Crippen LogP contribution >= 0.6 is 0 Å². The second kappa shape index (κ2) is 8.25. The number of para-hydroxylation sites is 1. The number of ether oxygens (including phenoxy) is 2. The molecule has 0 N–H and O–H groups in total. The molecule has 1 aliphatic rings. The highest BCUT2D eigenvalue weighted by Crippen LogP contribution is 2.29. The number of aromatic nitrogens is 3. The van der Waals surface area contributed by atoms with Crippen LogP contribution < -0.4 is 9.47 Å². The molecular formula is C22H21N5O3. The van der Waals surface area contributed by atoms with E-state index in [4.69, 9.17) is 14.7 Å². The lowest BCUT2D eigenvalue weighted by molar-refractivity contribution is 0.0760. The minimum atomic E-state index is -0.169. The number of benzene rings is 1. The van der Waals surface area contributed by atoms with Crippen molar-refractivity contribution in [2.75, 3.05) is 20.2 Å². The van der Waals surface area contributed by atoms with Gasteiger partial charge in [-0.1, -0.05) is 12.1 Å². The number of nitrogens with zero attached hydrogens (tertiary/aromatic N) is 5. The zero-order valence-electron chi connectivity index (χ0n) is 16.8. The summed E-state index contributed by atoms with van der Waals surface area (Å²) in [7, 11) is 3.37. The molecule has 1 unspecified atom stereocenters. The topological polar surface area (TPSA) is 93.3 Å². The molecule has 0 aliphatic carbocycles. The van der Waals surface area contributed by atoms with E-state index in [1.54, 1.807) is 48.1 Å². The van der Waals surface area contributed by atoms with Crippen molar-refractivity contribution >= 4 is 5.91 Å². The first kappa shape index (κ1) is 19.5. The summed E-state index contributed by atoms with van der Waals surface area (Å²) in [5, 5.41) is 13.5. The Labute approximate surface area is 174 Å². The molecule has 3 aromatic rings. The third-order valence-corrected chi connectivity index (χ3v) is 5.07. The van der Waals surface area contributed by atoms with Crippen LogP contribution in [-0.4, -0.2) is 51.9 Å². The maximum Gasteiger partial charge on any atom is 0.272 e. The molecule has 1 saturated heterocycles. The number of hydrogen-bond acceptors (Lipinski definition) is 6. The van der Waals surface area contributed by atoms with Gasteiger partial charge in [0.05, 0.1) is 31.0 Å². The Hall–Kier alpha value is -3.86. The Kier molecular flexibility index (Phi) is 5.35. The van der Waals surface area contributed by atoms with Gasteiger partial charge in [0.1, 0.15) is 17.5 Å². The number of likely N-dealkylation sites (tertiary alicyclic amines) is 1.